The van der Waals surface area contributed by atoms with Crippen molar-refractivity contribution < 1.29 is 0 Å². The van der Waals surface area contributed by atoms with Crippen molar-refractivity contribution in [1.82, 2.24) is 15.2 Å². The Hall–Kier alpha value is -0.160. The molecule has 5 heteroatoms. The van der Waals surface area contributed by atoms with E-state index in [4.69, 9.17) is 0 Å². The lowest BCUT2D eigenvalue weighted by molar-refractivity contribution is 0.318. The van der Waals surface area contributed by atoms with Gasteiger partial charge < -0.3 is 0 Å². The summed E-state index contributed by atoms with van der Waals surface area (Å²) in [5, 5.41) is 7.67. The first kappa shape index (κ1) is 13.9. The minimum atomic E-state index is 0.351. The molecule has 0 aliphatic carbocycles. The number of nitrogens with one attached hydrogen (secondary N) is 1. The van der Waals surface area contributed by atoms with E-state index in [9.17, 15) is 0 Å². The van der Waals surface area contributed by atoms with Crippen LogP contribution in [0.25, 0.3) is 0 Å². The third kappa shape index (κ3) is 4.01. The molecule has 3 nitrogen and oxygen atoms in total. The summed E-state index contributed by atoms with van der Waals surface area (Å²) in [7, 11) is 0. The van der Waals surface area contributed by atoms with Crippen LogP contribution < -0.4 is 0 Å². The van der Waals surface area contributed by atoms with Crippen molar-refractivity contribution in [1.29, 1.82) is 0 Å². The summed E-state index contributed by atoms with van der Waals surface area (Å²) >= 11 is 6.30. The Balaban J connectivity index is 2.54. The zero-order valence-corrected chi connectivity index (χ0v) is 11.8. The Morgan fingerprint density at radius 1 is 1.38 bits per heavy atom. The highest BCUT2D eigenvalue weighted by Gasteiger charge is 2.27. The van der Waals surface area contributed by atoms with E-state index in [0.29, 0.717) is 5.41 Å². The summed E-state index contributed by atoms with van der Waals surface area (Å²) < 4.78 is 0. The standard InChI is InChI=1S/C11H21N3S2/c1-3-5-11(7-15,6-4-2)8-16-10-12-9-13-14-10/h9,15H,3-8H2,1-2H3,(H,12,13,14). The van der Waals surface area contributed by atoms with Crippen LogP contribution in [-0.4, -0.2) is 26.7 Å². The van der Waals surface area contributed by atoms with E-state index < -0.39 is 0 Å². The van der Waals surface area contributed by atoms with E-state index >= 15 is 0 Å². The Morgan fingerprint density at radius 3 is 2.50 bits per heavy atom. The fraction of sp³-hybridized carbons (Fsp3) is 0.818. The third-order valence-corrected chi connectivity index (χ3v) is 4.70. The van der Waals surface area contributed by atoms with Gasteiger partial charge in [-0.2, -0.15) is 17.7 Å². The smallest absolute Gasteiger partial charge is 0.183 e. The molecule has 1 heterocycles. The summed E-state index contributed by atoms with van der Waals surface area (Å²) in [6, 6.07) is 0. The van der Waals surface area contributed by atoms with Gasteiger partial charge in [-0.05, 0) is 24.0 Å². The number of rotatable bonds is 8. The zero-order chi connectivity index (χ0) is 11.9. The fourth-order valence-corrected chi connectivity index (χ4v) is 3.67. The topological polar surface area (TPSA) is 41.6 Å². The lowest BCUT2D eigenvalue weighted by atomic mass is 9.83. The van der Waals surface area contributed by atoms with Crippen LogP contribution in [-0.2, 0) is 0 Å². The Kier molecular flexibility index (Phi) is 6.28. The maximum Gasteiger partial charge on any atom is 0.183 e. The Morgan fingerprint density at radius 2 is 2.06 bits per heavy atom. The molecule has 1 N–H and O–H groups in total. The average molecular weight is 259 g/mol. The second-order valence-electron chi connectivity index (χ2n) is 4.24. The first-order chi connectivity index (χ1) is 7.76. The molecule has 1 aromatic rings. The second-order valence-corrected chi connectivity index (χ2v) is 5.52. The maximum atomic E-state index is 4.54. The van der Waals surface area contributed by atoms with Gasteiger partial charge in [0.15, 0.2) is 5.16 Å². The molecule has 0 unspecified atom stereocenters. The normalized spacial score (nSPS) is 11.9. The first-order valence-corrected chi connectivity index (χ1v) is 7.47. The van der Waals surface area contributed by atoms with E-state index in [1.807, 2.05) is 0 Å². The predicted molar refractivity (Wildman–Crippen MR) is 73.2 cm³/mol. The molecule has 0 radical (unpaired) electrons. The van der Waals surface area contributed by atoms with E-state index in [2.05, 4.69) is 41.7 Å². The number of aromatic amines is 1. The van der Waals surface area contributed by atoms with Crippen molar-refractivity contribution >= 4 is 24.4 Å². The molecule has 0 amide bonds. The van der Waals surface area contributed by atoms with E-state index in [-0.39, 0.29) is 0 Å². The molecule has 0 bridgehead atoms. The van der Waals surface area contributed by atoms with Crippen LogP contribution in [0, 0.1) is 5.41 Å². The van der Waals surface area contributed by atoms with Crippen molar-refractivity contribution in [3.05, 3.63) is 6.33 Å². The Labute approximate surface area is 108 Å². The average Bonchev–Trinajstić information content (AvgIpc) is 2.79. The minimum absolute atomic E-state index is 0.351. The number of aromatic nitrogens is 3. The Bertz CT molecular complexity index is 269. The van der Waals surface area contributed by atoms with Gasteiger partial charge in [0.05, 0.1) is 0 Å². The van der Waals surface area contributed by atoms with Crippen LogP contribution in [0.15, 0.2) is 11.5 Å². The first-order valence-electron chi connectivity index (χ1n) is 5.85. The molecule has 0 fully saturated rings. The second kappa shape index (κ2) is 7.22. The highest BCUT2D eigenvalue weighted by Crippen LogP contribution is 2.36. The van der Waals surface area contributed by atoms with Crippen LogP contribution in [0.1, 0.15) is 39.5 Å². The molecular formula is C11H21N3S2. The van der Waals surface area contributed by atoms with E-state index in [1.54, 1.807) is 18.1 Å². The highest BCUT2D eigenvalue weighted by molar-refractivity contribution is 7.99. The van der Waals surface area contributed by atoms with Gasteiger partial charge in [0.25, 0.3) is 0 Å². The van der Waals surface area contributed by atoms with Crippen LogP contribution >= 0.6 is 24.4 Å². The molecule has 0 aliphatic heterocycles. The van der Waals surface area contributed by atoms with Gasteiger partial charge in [-0.15, -0.1) is 0 Å². The van der Waals surface area contributed by atoms with Gasteiger partial charge in [0.2, 0.25) is 0 Å². The van der Waals surface area contributed by atoms with Crippen molar-refractivity contribution in [2.75, 3.05) is 11.5 Å². The van der Waals surface area contributed by atoms with Crippen molar-refractivity contribution in [3.63, 3.8) is 0 Å². The predicted octanol–water partition coefficient (Wildman–Crippen LogP) is 3.41. The summed E-state index contributed by atoms with van der Waals surface area (Å²) in [6.45, 7) is 4.49. The molecule has 0 aromatic carbocycles. The monoisotopic (exact) mass is 259 g/mol. The number of H-pyrrole nitrogens is 1. The molecule has 0 saturated heterocycles. The zero-order valence-electron chi connectivity index (χ0n) is 10.1. The third-order valence-electron chi connectivity index (χ3n) is 2.80. The van der Waals surface area contributed by atoms with Gasteiger partial charge in [-0.1, -0.05) is 38.5 Å². The highest BCUT2D eigenvalue weighted by atomic mass is 32.2. The number of thiol groups is 1. The summed E-state index contributed by atoms with van der Waals surface area (Å²) in [5.74, 6) is 2.03. The van der Waals surface area contributed by atoms with Gasteiger partial charge >= 0.3 is 0 Å². The van der Waals surface area contributed by atoms with Gasteiger partial charge in [0, 0.05) is 5.75 Å². The molecule has 0 atom stereocenters. The number of nitrogens with zero attached hydrogens (tertiary/aromatic N) is 2. The van der Waals surface area contributed by atoms with Gasteiger partial charge in [0.1, 0.15) is 6.33 Å². The molecule has 92 valence electrons. The van der Waals surface area contributed by atoms with E-state index in [0.717, 1.165) is 16.7 Å². The molecule has 0 aliphatic rings. The van der Waals surface area contributed by atoms with Crippen LogP contribution in [0.5, 0.6) is 0 Å². The molecule has 1 rings (SSSR count). The quantitative estimate of drug-likeness (QED) is 0.555. The minimum Gasteiger partial charge on any atom is -0.254 e. The van der Waals surface area contributed by atoms with Crippen molar-refractivity contribution in [2.24, 2.45) is 5.41 Å². The maximum absolute atomic E-state index is 4.54. The van der Waals surface area contributed by atoms with Crippen LogP contribution in [0.2, 0.25) is 0 Å². The largest absolute Gasteiger partial charge is 0.254 e. The molecule has 1 aromatic heterocycles. The number of hydrogen-bond donors (Lipinski definition) is 2. The molecule has 16 heavy (non-hydrogen) atoms. The molecule has 0 spiro atoms. The van der Waals surface area contributed by atoms with Crippen molar-refractivity contribution in [2.45, 2.75) is 44.7 Å². The van der Waals surface area contributed by atoms with Crippen LogP contribution in [0.3, 0.4) is 0 Å². The summed E-state index contributed by atoms with van der Waals surface area (Å²) in [4.78, 5) is 4.15. The summed E-state index contributed by atoms with van der Waals surface area (Å²) in [5.41, 5.74) is 0.351. The number of thioether (sulfide) groups is 1. The lowest BCUT2D eigenvalue weighted by Crippen LogP contribution is -2.26. The summed E-state index contributed by atoms with van der Waals surface area (Å²) in [6.07, 6.45) is 6.48. The van der Waals surface area contributed by atoms with Gasteiger partial charge in [-0.3, -0.25) is 5.10 Å². The fourth-order valence-electron chi connectivity index (χ4n) is 2.02. The molecule has 0 saturated carbocycles. The molecular weight excluding hydrogens is 238 g/mol. The van der Waals surface area contributed by atoms with E-state index in [1.165, 1.54) is 25.7 Å². The van der Waals surface area contributed by atoms with Crippen LogP contribution in [0.4, 0.5) is 0 Å². The SMILES string of the molecule is CCCC(CS)(CCC)CSc1ncn[nH]1. The van der Waals surface area contributed by atoms with Gasteiger partial charge in [-0.25, -0.2) is 4.98 Å². The van der Waals surface area contributed by atoms with Crippen molar-refractivity contribution in [3.8, 4) is 0 Å². The lowest BCUT2D eigenvalue weighted by Gasteiger charge is -2.31. The number of hydrogen-bond acceptors (Lipinski definition) is 4.